The molecule has 1 aliphatic rings. The summed E-state index contributed by atoms with van der Waals surface area (Å²) in [7, 11) is 0. The normalized spacial score (nSPS) is 17.2. The molecule has 2 N–H and O–H groups in total. The topological polar surface area (TPSA) is 72.6 Å². The fourth-order valence-corrected chi connectivity index (χ4v) is 1.89. The summed E-state index contributed by atoms with van der Waals surface area (Å²) in [6.07, 6.45) is 3.06. The van der Waals surface area contributed by atoms with Gasteiger partial charge in [0.2, 0.25) is 0 Å². The Hall–Kier alpha value is -1.26. The van der Waals surface area contributed by atoms with Gasteiger partial charge in [0.15, 0.2) is 0 Å². The van der Waals surface area contributed by atoms with E-state index in [2.05, 4.69) is 0 Å². The molecule has 0 aromatic heterocycles. The highest BCUT2D eigenvalue weighted by Crippen LogP contribution is 2.24. The van der Waals surface area contributed by atoms with Crippen molar-refractivity contribution in [2.24, 2.45) is 5.73 Å². The molecule has 1 aliphatic carbocycles. The van der Waals surface area contributed by atoms with E-state index in [-0.39, 0.29) is 6.04 Å². The second kappa shape index (κ2) is 4.72. The van der Waals surface area contributed by atoms with Crippen LogP contribution in [0.4, 0.5) is 9.59 Å². The predicted octanol–water partition coefficient (Wildman–Crippen LogP) is 2.24. The molecule has 92 valence electrons. The number of nitrogens with zero attached hydrogens (tertiary/aromatic N) is 1. The number of nitrogens with two attached hydrogens (primary N) is 1. The van der Waals surface area contributed by atoms with Crippen molar-refractivity contribution in [2.45, 2.75) is 58.1 Å². The van der Waals surface area contributed by atoms with Crippen molar-refractivity contribution in [1.29, 1.82) is 0 Å². The van der Waals surface area contributed by atoms with Gasteiger partial charge in [-0.2, -0.15) is 0 Å². The van der Waals surface area contributed by atoms with Crippen LogP contribution in [0.2, 0.25) is 0 Å². The highest BCUT2D eigenvalue weighted by Gasteiger charge is 2.33. The molecule has 0 atom stereocenters. The van der Waals surface area contributed by atoms with Crippen LogP contribution in [0.3, 0.4) is 0 Å². The smallest absolute Gasteiger partial charge is 0.418 e. The number of carbonyl (C=O) groups is 2. The zero-order chi connectivity index (χ0) is 12.3. The summed E-state index contributed by atoms with van der Waals surface area (Å²) < 4.78 is 5.16. The Bertz CT molecular complexity index is 277. The summed E-state index contributed by atoms with van der Waals surface area (Å²) >= 11 is 0. The molecular weight excluding hydrogens is 208 g/mol. The van der Waals surface area contributed by atoms with Crippen LogP contribution >= 0.6 is 0 Å². The Morgan fingerprint density at radius 1 is 1.25 bits per heavy atom. The van der Waals surface area contributed by atoms with Gasteiger partial charge < -0.3 is 10.5 Å². The lowest BCUT2D eigenvalue weighted by molar-refractivity contribution is 0.0265. The molecule has 5 heteroatoms. The minimum absolute atomic E-state index is 0.0904. The van der Waals surface area contributed by atoms with E-state index in [1.165, 1.54) is 0 Å². The molecule has 0 unspecified atom stereocenters. The predicted molar refractivity (Wildman–Crippen MR) is 59.9 cm³/mol. The minimum Gasteiger partial charge on any atom is -0.443 e. The van der Waals surface area contributed by atoms with Gasteiger partial charge in [-0.1, -0.05) is 12.8 Å². The lowest BCUT2D eigenvalue weighted by Crippen LogP contribution is -2.48. The molecule has 3 amide bonds. The molecule has 5 nitrogen and oxygen atoms in total. The average molecular weight is 228 g/mol. The van der Waals surface area contributed by atoms with E-state index in [4.69, 9.17) is 10.5 Å². The molecule has 1 saturated carbocycles. The summed E-state index contributed by atoms with van der Waals surface area (Å²) in [4.78, 5) is 24.1. The maximum atomic E-state index is 11.8. The molecule has 0 aromatic rings. The highest BCUT2D eigenvalue weighted by atomic mass is 16.6. The van der Waals surface area contributed by atoms with Crippen LogP contribution in [-0.2, 0) is 4.74 Å². The van der Waals surface area contributed by atoms with Crippen LogP contribution in [0.1, 0.15) is 46.5 Å². The number of amides is 3. The summed E-state index contributed by atoms with van der Waals surface area (Å²) in [6.45, 7) is 5.29. The van der Waals surface area contributed by atoms with Crippen molar-refractivity contribution < 1.29 is 14.3 Å². The maximum absolute atomic E-state index is 11.8. The molecule has 16 heavy (non-hydrogen) atoms. The number of hydrogen-bond donors (Lipinski definition) is 1. The van der Waals surface area contributed by atoms with Crippen molar-refractivity contribution in [3.8, 4) is 0 Å². The van der Waals surface area contributed by atoms with E-state index in [1.807, 2.05) is 0 Å². The third-order valence-electron chi connectivity index (χ3n) is 2.52. The molecule has 0 saturated heterocycles. The van der Waals surface area contributed by atoms with Gasteiger partial charge in [-0.05, 0) is 33.6 Å². The zero-order valence-corrected chi connectivity index (χ0v) is 10.2. The van der Waals surface area contributed by atoms with Gasteiger partial charge in [0, 0.05) is 6.04 Å². The Kier molecular flexibility index (Phi) is 3.78. The molecule has 0 aromatic carbocycles. The van der Waals surface area contributed by atoms with Crippen LogP contribution in [-0.4, -0.2) is 28.7 Å². The van der Waals surface area contributed by atoms with E-state index in [0.29, 0.717) is 0 Å². The molecule has 0 heterocycles. The standard InChI is InChI=1S/C11H20N2O3/c1-11(2,3)16-10(15)13(9(12)14)8-6-4-5-7-8/h8H,4-7H2,1-3H3,(H2,12,14). The largest absolute Gasteiger partial charge is 0.443 e. The second-order valence-electron chi connectivity index (χ2n) is 5.13. The van der Waals surface area contributed by atoms with Crippen molar-refractivity contribution in [1.82, 2.24) is 4.90 Å². The molecular formula is C11H20N2O3. The number of carbonyl (C=O) groups excluding carboxylic acids is 2. The average Bonchev–Trinajstić information content (AvgIpc) is 2.52. The first-order valence-corrected chi connectivity index (χ1v) is 5.63. The van der Waals surface area contributed by atoms with E-state index in [9.17, 15) is 9.59 Å². The second-order valence-corrected chi connectivity index (χ2v) is 5.13. The SMILES string of the molecule is CC(C)(C)OC(=O)N(C(N)=O)C1CCCC1. The maximum Gasteiger partial charge on any atom is 0.418 e. The van der Waals surface area contributed by atoms with Gasteiger partial charge in [0.05, 0.1) is 0 Å². The highest BCUT2D eigenvalue weighted by molar-refractivity contribution is 5.90. The minimum atomic E-state index is -0.721. The summed E-state index contributed by atoms with van der Waals surface area (Å²) in [5, 5.41) is 0. The lowest BCUT2D eigenvalue weighted by atomic mass is 10.2. The number of primary amides is 1. The number of rotatable bonds is 1. The fraction of sp³-hybridized carbons (Fsp3) is 0.818. The summed E-state index contributed by atoms with van der Waals surface area (Å²) in [5.74, 6) is 0. The number of imide groups is 1. The summed E-state index contributed by atoms with van der Waals surface area (Å²) in [6, 6.07) is -0.812. The molecule has 1 rings (SSSR count). The molecule has 1 fully saturated rings. The number of ether oxygens (including phenoxy) is 1. The Morgan fingerprint density at radius 3 is 2.12 bits per heavy atom. The first kappa shape index (κ1) is 12.8. The Labute approximate surface area is 95.9 Å². The molecule has 0 radical (unpaired) electrons. The van der Waals surface area contributed by atoms with E-state index >= 15 is 0 Å². The quantitative estimate of drug-likeness (QED) is 0.748. The van der Waals surface area contributed by atoms with Gasteiger partial charge >= 0.3 is 12.1 Å². The summed E-state index contributed by atoms with van der Waals surface area (Å²) in [5.41, 5.74) is 4.61. The van der Waals surface area contributed by atoms with Crippen LogP contribution < -0.4 is 5.73 Å². The fourth-order valence-electron chi connectivity index (χ4n) is 1.89. The van der Waals surface area contributed by atoms with Gasteiger partial charge in [0.25, 0.3) is 0 Å². The van der Waals surface area contributed by atoms with Crippen LogP contribution in [0, 0.1) is 0 Å². The molecule has 0 aliphatic heterocycles. The van der Waals surface area contributed by atoms with E-state index in [1.54, 1.807) is 20.8 Å². The third kappa shape index (κ3) is 3.40. The van der Waals surface area contributed by atoms with E-state index < -0.39 is 17.7 Å². The van der Waals surface area contributed by atoms with Crippen molar-refractivity contribution in [3.05, 3.63) is 0 Å². The van der Waals surface area contributed by atoms with Crippen molar-refractivity contribution >= 4 is 12.1 Å². The van der Waals surface area contributed by atoms with Crippen LogP contribution in [0.15, 0.2) is 0 Å². The molecule has 0 bridgehead atoms. The Balaban J connectivity index is 2.70. The number of hydrogen-bond acceptors (Lipinski definition) is 3. The first-order chi connectivity index (χ1) is 7.31. The van der Waals surface area contributed by atoms with Gasteiger partial charge in [-0.25, -0.2) is 14.5 Å². The lowest BCUT2D eigenvalue weighted by Gasteiger charge is -2.28. The van der Waals surface area contributed by atoms with Crippen LogP contribution in [0.25, 0.3) is 0 Å². The zero-order valence-electron chi connectivity index (χ0n) is 10.2. The van der Waals surface area contributed by atoms with Crippen LogP contribution in [0.5, 0.6) is 0 Å². The monoisotopic (exact) mass is 228 g/mol. The Morgan fingerprint density at radius 2 is 1.75 bits per heavy atom. The van der Waals surface area contributed by atoms with Gasteiger partial charge in [-0.15, -0.1) is 0 Å². The molecule has 0 spiro atoms. The van der Waals surface area contributed by atoms with Crippen molar-refractivity contribution in [3.63, 3.8) is 0 Å². The van der Waals surface area contributed by atoms with Crippen molar-refractivity contribution in [2.75, 3.05) is 0 Å². The van der Waals surface area contributed by atoms with E-state index in [0.717, 1.165) is 30.6 Å². The number of urea groups is 1. The first-order valence-electron chi connectivity index (χ1n) is 5.63. The van der Waals surface area contributed by atoms with Gasteiger partial charge in [0.1, 0.15) is 5.60 Å². The van der Waals surface area contributed by atoms with Gasteiger partial charge in [-0.3, -0.25) is 0 Å². The third-order valence-corrected chi connectivity index (χ3v) is 2.52.